The average molecular weight is 355 g/mol. The van der Waals surface area contributed by atoms with Crippen LogP contribution in [-0.2, 0) is 19.4 Å². The molecule has 0 spiro atoms. The first-order valence-corrected chi connectivity index (χ1v) is 7.98. The summed E-state index contributed by atoms with van der Waals surface area (Å²) < 4.78 is 16.0. The maximum Gasteiger partial charge on any atom is 0.137 e. The van der Waals surface area contributed by atoms with E-state index in [-0.39, 0.29) is 5.82 Å². The van der Waals surface area contributed by atoms with E-state index in [1.807, 2.05) is 24.6 Å². The normalized spacial score (nSPS) is 12.7. The van der Waals surface area contributed by atoms with E-state index in [0.29, 0.717) is 11.0 Å². The van der Waals surface area contributed by atoms with Gasteiger partial charge in [0.2, 0.25) is 0 Å². The van der Waals surface area contributed by atoms with Gasteiger partial charge in [-0.05, 0) is 47.3 Å². The fraction of sp³-hybridized carbons (Fsp3) is 0.438. The van der Waals surface area contributed by atoms with E-state index in [1.54, 1.807) is 13.0 Å². The highest BCUT2D eigenvalue weighted by Gasteiger charge is 2.19. The maximum absolute atomic E-state index is 13.6. The number of rotatable bonds is 5. The molecule has 0 fully saturated rings. The third kappa shape index (κ3) is 3.19. The van der Waals surface area contributed by atoms with Crippen LogP contribution in [0, 0.1) is 5.82 Å². The predicted molar refractivity (Wildman–Crippen MR) is 84.8 cm³/mol. The molecule has 0 saturated heterocycles. The summed E-state index contributed by atoms with van der Waals surface area (Å²) in [5, 5.41) is 14.6. The Labute approximate surface area is 132 Å². The van der Waals surface area contributed by atoms with Crippen molar-refractivity contribution in [3.8, 4) is 0 Å². The molecule has 1 aromatic heterocycles. The van der Waals surface area contributed by atoms with Crippen molar-refractivity contribution in [3.63, 3.8) is 0 Å². The highest BCUT2D eigenvalue weighted by atomic mass is 79.9. The lowest BCUT2D eigenvalue weighted by Crippen LogP contribution is -2.08. The van der Waals surface area contributed by atoms with Crippen LogP contribution in [0.25, 0.3) is 0 Å². The zero-order valence-corrected chi connectivity index (χ0v) is 14.1. The molecule has 114 valence electrons. The molecule has 1 heterocycles. The van der Waals surface area contributed by atoms with E-state index in [2.05, 4.69) is 21.0 Å². The number of nitrogens with zero attached hydrogens (tertiary/aromatic N) is 2. The van der Waals surface area contributed by atoms with Crippen LogP contribution in [-0.4, -0.2) is 14.9 Å². The van der Waals surface area contributed by atoms with Gasteiger partial charge in [-0.15, -0.1) is 0 Å². The Bertz CT molecular complexity index is 637. The van der Waals surface area contributed by atoms with Gasteiger partial charge in [0.05, 0.1) is 22.8 Å². The van der Waals surface area contributed by atoms with E-state index < -0.39 is 6.10 Å². The third-order valence-corrected chi connectivity index (χ3v) is 4.50. The summed E-state index contributed by atoms with van der Waals surface area (Å²) in [6, 6.07) is 5.00. The van der Waals surface area contributed by atoms with Gasteiger partial charge in [0.1, 0.15) is 5.82 Å². The van der Waals surface area contributed by atoms with Crippen molar-refractivity contribution in [2.24, 2.45) is 0 Å². The fourth-order valence-electron chi connectivity index (χ4n) is 2.64. The second-order valence-corrected chi connectivity index (χ2v) is 5.85. The van der Waals surface area contributed by atoms with Crippen molar-refractivity contribution in [2.45, 2.75) is 46.3 Å². The summed E-state index contributed by atoms with van der Waals surface area (Å²) in [6.45, 7) is 6.31. The van der Waals surface area contributed by atoms with Crippen LogP contribution in [0.3, 0.4) is 0 Å². The van der Waals surface area contributed by atoms with Gasteiger partial charge in [0.25, 0.3) is 0 Å². The lowest BCUT2D eigenvalue weighted by Gasteiger charge is -2.11. The number of hydrogen-bond donors (Lipinski definition) is 1. The van der Waals surface area contributed by atoms with Gasteiger partial charge in [-0.25, -0.2) is 4.39 Å². The summed E-state index contributed by atoms with van der Waals surface area (Å²) in [6.07, 6.45) is 1.00. The van der Waals surface area contributed by atoms with E-state index in [9.17, 15) is 9.50 Å². The smallest absolute Gasteiger partial charge is 0.137 e. The number of aromatic nitrogens is 2. The second-order valence-electron chi connectivity index (χ2n) is 5.06. The molecule has 2 aromatic rings. The Morgan fingerprint density at radius 2 is 2.05 bits per heavy atom. The first-order valence-electron chi connectivity index (χ1n) is 7.18. The van der Waals surface area contributed by atoms with Crippen molar-refractivity contribution in [1.29, 1.82) is 0 Å². The summed E-state index contributed by atoms with van der Waals surface area (Å²) in [5.74, 6) is -0.274. The molecule has 0 aliphatic rings. The minimum Gasteiger partial charge on any atom is -0.389 e. The molecule has 21 heavy (non-hydrogen) atoms. The molecule has 0 saturated carbocycles. The standard InChI is InChI=1S/C16H20BrFN2O/c1-4-13-15(10(3)21)14(5-2)20(19-13)9-11-7-6-8-12(18)16(11)17/h6-8,10,21H,4-5,9H2,1-3H3. The Hall–Kier alpha value is -1.20. The van der Waals surface area contributed by atoms with Gasteiger partial charge in [-0.1, -0.05) is 26.0 Å². The van der Waals surface area contributed by atoms with Crippen molar-refractivity contribution in [2.75, 3.05) is 0 Å². The Morgan fingerprint density at radius 3 is 2.62 bits per heavy atom. The van der Waals surface area contributed by atoms with Crippen LogP contribution in [0.1, 0.15) is 49.4 Å². The monoisotopic (exact) mass is 354 g/mol. The summed E-state index contributed by atoms with van der Waals surface area (Å²) >= 11 is 3.29. The number of halogens is 2. The quantitative estimate of drug-likeness (QED) is 0.880. The van der Waals surface area contributed by atoms with Crippen molar-refractivity contribution in [1.82, 2.24) is 9.78 Å². The molecule has 0 amide bonds. The molecule has 1 unspecified atom stereocenters. The minimum absolute atomic E-state index is 0.274. The third-order valence-electron chi connectivity index (χ3n) is 3.61. The van der Waals surface area contributed by atoms with Gasteiger partial charge < -0.3 is 5.11 Å². The van der Waals surface area contributed by atoms with Gasteiger partial charge in [-0.2, -0.15) is 5.10 Å². The molecule has 0 radical (unpaired) electrons. The van der Waals surface area contributed by atoms with Crippen molar-refractivity contribution in [3.05, 3.63) is 51.0 Å². The molecule has 1 aromatic carbocycles. The largest absolute Gasteiger partial charge is 0.389 e. The van der Waals surface area contributed by atoms with Crippen LogP contribution >= 0.6 is 15.9 Å². The highest BCUT2D eigenvalue weighted by Crippen LogP contribution is 2.26. The second kappa shape index (κ2) is 6.71. The molecule has 3 nitrogen and oxygen atoms in total. The van der Waals surface area contributed by atoms with Gasteiger partial charge >= 0.3 is 0 Å². The predicted octanol–water partition coefficient (Wildman–Crippen LogP) is 4.01. The molecule has 5 heteroatoms. The zero-order valence-electron chi connectivity index (χ0n) is 12.5. The molecular weight excluding hydrogens is 335 g/mol. The van der Waals surface area contributed by atoms with E-state index >= 15 is 0 Å². The van der Waals surface area contributed by atoms with E-state index in [4.69, 9.17) is 0 Å². The number of aryl methyl sites for hydroxylation is 1. The number of benzene rings is 1. The van der Waals surface area contributed by atoms with Gasteiger partial charge in [-0.3, -0.25) is 4.68 Å². The van der Waals surface area contributed by atoms with Crippen LogP contribution in [0.5, 0.6) is 0 Å². The molecule has 0 bridgehead atoms. The summed E-state index contributed by atoms with van der Waals surface area (Å²) in [4.78, 5) is 0. The molecule has 1 atom stereocenters. The van der Waals surface area contributed by atoms with E-state index in [0.717, 1.165) is 35.4 Å². The number of aliphatic hydroxyl groups excluding tert-OH is 1. The lowest BCUT2D eigenvalue weighted by molar-refractivity contribution is 0.197. The SMILES string of the molecule is CCc1nn(Cc2cccc(F)c2Br)c(CC)c1C(C)O. The summed E-state index contributed by atoms with van der Waals surface area (Å²) in [7, 11) is 0. The highest BCUT2D eigenvalue weighted by molar-refractivity contribution is 9.10. The number of hydrogen-bond acceptors (Lipinski definition) is 2. The average Bonchev–Trinajstić information content (AvgIpc) is 2.81. The van der Waals surface area contributed by atoms with Crippen LogP contribution in [0.4, 0.5) is 4.39 Å². The zero-order chi connectivity index (χ0) is 15.6. The molecule has 0 aliphatic carbocycles. The molecule has 2 rings (SSSR count). The summed E-state index contributed by atoms with van der Waals surface area (Å²) in [5.41, 5.74) is 3.67. The van der Waals surface area contributed by atoms with Gasteiger partial charge in [0, 0.05) is 11.3 Å². The van der Waals surface area contributed by atoms with Crippen molar-refractivity contribution >= 4 is 15.9 Å². The van der Waals surface area contributed by atoms with Crippen molar-refractivity contribution < 1.29 is 9.50 Å². The Balaban J connectivity index is 2.47. The first kappa shape index (κ1) is 16.2. The Kier molecular flexibility index (Phi) is 5.17. The first-order chi connectivity index (χ1) is 9.99. The van der Waals surface area contributed by atoms with E-state index in [1.165, 1.54) is 6.07 Å². The number of aliphatic hydroxyl groups is 1. The molecular formula is C16H20BrFN2O. The molecule has 0 aliphatic heterocycles. The minimum atomic E-state index is -0.542. The topological polar surface area (TPSA) is 38.0 Å². The maximum atomic E-state index is 13.6. The Morgan fingerprint density at radius 1 is 1.33 bits per heavy atom. The van der Waals surface area contributed by atoms with Gasteiger partial charge in [0.15, 0.2) is 0 Å². The lowest BCUT2D eigenvalue weighted by atomic mass is 10.0. The van der Waals surface area contributed by atoms with Crippen LogP contribution < -0.4 is 0 Å². The van der Waals surface area contributed by atoms with Crippen LogP contribution in [0.2, 0.25) is 0 Å². The fourth-order valence-corrected chi connectivity index (χ4v) is 3.03. The van der Waals surface area contributed by atoms with Crippen LogP contribution in [0.15, 0.2) is 22.7 Å². The molecule has 1 N–H and O–H groups in total.